The maximum atomic E-state index is 12.9. The van der Waals surface area contributed by atoms with E-state index in [1.54, 1.807) is 35.1 Å². The Morgan fingerprint density at radius 1 is 1.06 bits per heavy atom. The minimum absolute atomic E-state index is 0.0746. The van der Waals surface area contributed by atoms with E-state index in [9.17, 15) is 13.2 Å². The molecule has 1 heterocycles. The number of hydrogen-bond donors (Lipinski definition) is 2. The number of amides is 1. The Bertz CT molecular complexity index is 1220. The first-order valence-electron chi connectivity index (χ1n) is 11.4. The van der Waals surface area contributed by atoms with Crippen molar-refractivity contribution in [2.75, 3.05) is 5.32 Å². The normalized spacial score (nSPS) is 22.9. The zero-order valence-corrected chi connectivity index (χ0v) is 19.3. The second-order valence-electron chi connectivity index (χ2n) is 9.22. The van der Waals surface area contributed by atoms with Gasteiger partial charge < -0.3 is 5.32 Å². The first kappa shape index (κ1) is 21.9. The number of carbonyl (C=O) groups excluding carboxylic acids is 1. The standard InChI is InChI=1S/C25H28N4O3S/c1-17(24-16-18-3-4-20(24)15-18)28-33(31,32)23-11-7-21(8-12-23)27-25(30)19-5-9-22(10-6-19)29-14-2-13-26-29/h2,5-14,17-18,20,24,28H,3-4,15-16H2,1H3,(H,27,30). The average molecular weight is 465 g/mol. The van der Waals surface area contributed by atoms with Crippen LogP contribution in [0.25, 0.3) is 5.69 Å². The summed E-state index contributed by atoms with van der Waals surface area (Å²) in [4.78, 5) is 12.8. The molecule has 4 unspecified atom stereocenters. The fourth-order valence-electron chi connectivity index (χ4n) is 5.41. The van der Waals surface area contributed by atoms with Gasteiger partial charge in [0.25, 0.3) is 5.91 Å². The van der Waals surface area contributed by atoms with Crippen molar-refractivity contribution in [3.63, 3.8) is 0 Å². The molecule has 2 aliphatic rings. The molecule has 3 aromatic rings. The van der Waals surface area contributed by atoms with Crippen LogP contribution in [0.4, 0.5) is 5.69 Å². The molecular weight excluding hydrogens is 436 g/mol. The van der Waals surface area contributed by atoms with Crippen LogP contribution in [0.3, 0.4) is 0 Å². The largest absolute Gasteiger partial charge is 0.322 e. The van der Waals surface area contributed by atoms with Crippen molar-refractivity contribution in [1.29, 1.82) is 0 Å². The Hall–Kier alpha value is -2.97. The molecule has 2 bridgehead atoms. The number of hydrogen-bond acceptors (Lipinski definition) is 4. The third kappa shape index (κ3) is 4.58. The highest BCUT2D eigenvalue weighted by atomic mass is 32.2. The number of carbonyl (C=O) groups is 1. The van der Waals surface area contributed by atoms with Crippen molar-refractivity contribution in [3.8, 4) is 5.69 Å². The van der Waals surface area contributed by atoms with Gasteiger partial charge >= 0.3 is 0 Å². The summed E-state index contributed by atoms with van der Waals surface area (Å²) < 4.78 is 30.4. The molecule has 0 aliphatic heterocycles. The van der Waals surface area contributed by atoms with Gasteiger partial charge in [0, 0.05) is 29.7 Å². The zero-order valence-electron chi connectivity index (χ0n) is 18.5. The molecule has 0 radical (unpaired) electrons. The van der Waals surface area contributed by atoms with Crippen LogP contribution in [0.2, 0.25) is 0 Å². The Morgan fingerprint density at radius 2 is 1.82 bits per heavy atom. The summed E-state index contributed by atoms with van der Waals surface area (Å²) in [6.45, 7) is 1.98. The first-order chi connectivity index (χ1) is 15.9. The van der Waals surface area contributed by atoms with Gasteiger partial charge in [-0.3, -0.25) is 4.79 Å². The van der Waals surface area contributed by atoms with Crippen molar-refractivity contribution < 1.29 is 13.2 Å². The monoisotopic (exact) mass is 464 g/mol. The van der Waals surface area contributed by atoms with E-state index in [1.807, 2.05) is 31.3 Å². The molecule has 0 spiro atoms. The van der Waals surface area contributed by atoms with Gasteiger partial charge in [-0.25, -0.2) is 17.8 Å². The van der Waals surface area contributed by atoms with Crippen LogP contribution in [0.1, 0.15) is 43.0 Å². The van der Waals surface area contributed by atoms with E-state index in [1.165, 1.54) is 31.4 Å². The molecule has 8 heteroatoms. The van der Waals surface area contributed by atoms with Crippen LogP contribution in [-0.4, -0.2) is 30.1 Å². The molecule has 2 aromatic carbocycles. The summed E-state index contributed by atoms with van der Waals surface area (Å²) in [7, 11) is -3.61. The number of nitrogens with one attached hydrogen (secondary N) is 2. The third-order valence-corrected chi connectivity index (χ3v) is 8.67. The lowest BCUT2D eigenvalue weighted by atomic mass is 9.84. The van der Waals surface area contributed by atoms with Crippen LogP contribution in [0.5, 0.6) is 0 Å². The molecule has 4 atom stereocenters. The van der Waals surface area contributed by atoms with Gasteiger partial charge in [0.2, 0.25) is 10.0 Å². The average Bonchev–Trinajstić information content (AvgIpc) is 3.58. The van der Waals surface area contributed by atoms with E-state index >= 15 is 0 Å². The van der Waals surface area contributed by atoms with Crippen LogP contribution in [0.15, 0.2) is 71.9 Å². The molecule has 33 heavy (non-hydrogen) atoms. The Kier molecular flexibility index (Phi) is 5.80. The quantitative estimate of drug-likeness (QED) is 0.547. The number of benzene rings is 2. The summed E-state index contributed by atoms with van der Waals surface area (Å²) in [6, 6.07) is 15.2. The second-order valence-corrected chi connectivity index (χ2v) is 10.9. The molecule has 0 saturated heterocycles. The highest BCUT2D eigenvalue weighted by Crippen LogP contribution is 2.49. The van der Waals surface area contributed by atoms with Crippen LogP contribution in [-0.2, 0) is 10.0 Å². The van der Waals surface area contributed by atoms with E-state index < -0.39 is 10.0 Å². The van der Waals surface area contributed by atoms with Gasteiger partial charge in [-0.05, 0) is 98.5 Å². The molecule has 7 nitrogen and oxygen atoms in total. The van der Waals surface area contributed by atoms with E-state index in [0.29, 0.717) is 23.1 Å². The van der Waals surface area contributed by atoms with Crippen LogP contribution < -0.4 is 10.0 Å². The number of rotatable bonds is 7. The van der Waals surface area contributed by atoms with Gasteiger partial charge in [0.15, 0.2) is 0 Å². The Balaban J connectivity index is 1.21. The van der Waals surface area contributed by atoms with E-state index in [-0.39, 0.29) is 16.8 Å². The lowest BCUT2D eigenvalue weighted by Gasteiger charge is -2.28. The molecule has 5 rings (SSSR count). The molecule has 1 amide bonds. The molecule has 2 aliphatic carbocycles. The van der Waals surface area contributed by atoms with Crippen molar-refractivity contribution in [2.24, 2.45) is 17.8 Å². The highest BCUT2D eigenvalue weighted by Gasteiger charge is 2.42. The maximum Gasteiger partial charge on any atom is 0.255 e. The number of aromatic nitrogens is 2. The predicted octanol–water partition coefficient (Wildman–Crippen LogP) is 4.23. The summed E-state index contributed by atoms with van der Waals surface area (Å²) in [6.07, 6.45) is 8.42. The SMILES string of the molecule is CC(NS(=O)(=O)c1ccc(NC(=O)c2ccc(-n3cccn3)cc2)cc1)C1CC2CCC1C2. The minimum Gasteiger partial charge on any atom is -0.322 e. The first-order valence-corrected chi connectivity index (χ1v) is 12.9. The molecule has 2 N–H and O–H groups in total. The molecular formula is C25H28N4O3S. The Labute approximate surface area is 194 Å². The second kappa shape index (κ2) is 8.76. The fourth-order valence-corrected chi connectivity index (χ4v) is 6.71. The maximum absolute atomic E-state index is 12.9. The van der Waals surface area contributed by atoms with E-state index in [0.717, 1.165) is 18.0 Å². The van der Waals surface area contributed by atoms with E-state index in [2.05, 4.69) is 15.1 Å². The number of anilines is 1. The van der Waals surface area contributed by atoms with Crippen molar-refractivity contribution in [3.05, 3.63) is 72.6 Å². The topological polar surface area (TPSA) is 93.1 Å². The van der Waals surface area contributed by atoms with Crippen molar-refractivity contribution in [2.45, 2.75) is 43.5 Å². The highest BCUT2D eigenvalue weighted by molar-refractivity contribution is 7.89. The lowest BCUT2D eigenvalue weighted by molar-refractivity contribution is 0.102. The van der Waals surface area contributed by atoms with Gasteiger partial charge in [-0.1, -0.05) is 6.42 Å². The fraction of sp³-hybridized carbons (Fsp3) is 0.360. The third-order valence-electron chi connectivity index (χ3n) is 7.10. The number of sulfonamides is 1. The van der Waals surface area contributed by atoms with E-state index in [4.69, 9.17) is 0 Å². The lowest BCUT2D eigenvalue weighted by Crippen LogP contribution is -2.40. The molecule has 1 aromatic heterocycles. The Morgan fingerprint density at radius 3 is 2.42 bits per heavy atom. The minimum atomic E-state index is -3.61. The molecule has 2 fully saturated rings. The number of fused-ring (bicyclic) bond motifs is 2. The smallest absolute Gasteiger partial charge is 0.255 e. The number of nitrogens with zero attached hydrogens (tertiary/aromatic N) is 2. The van der Waals surface area contributed by atoms with Crippen molar-refractivity contribution >= 4 is 21.6 Å². The van der Waals surface area contributed by atoms with Crippen LogP contribution in [0, 0.1) is 17.8 Å². The molecule has 172 valence electrons. The van der Waals surface area contributed by atoms with Crippen LogP contribution >= 0.6 is 0 Å². The summed E-state index contributed by atoms with van der Waals surface area (Å²) in [5.41, 5.74) is 1.90. The summed E-state index contributed by atoms with van der Waals surface area (Å²) in [5.74, 6) is 1.59. The van der Waals surface area contributed by atoms with Crippen molar-refractivity contribution in [1.82, 2.24) is 14.5 Å². The summed E-state index contributed by atoms with van der Waals surface area (Å²) >= 11 is 0. The predicted molar refractivity (Wildman–Crippen MR) is 127 cm³/mol. The van der Waals surface area contributed by atoms with Gasteiger partial charge in [-0.2, -0.15) is 5.10 Å². The van der Waals surface area contributed by atoms with Gasteiger partial charge in [-0.15, -0.1) is 0 Å². The summed E-state index contributed by atoms with van der Waals surface area (Å²) in [5, 5.41) is 6.99. The van der Waals surface area contributed by atoms with Gasteiger partial charge in [0.1, 0.15) is 0 Å². The van der Waals surface area contributed by atoms with Gasteiger partial charge in [0.05, 0.1) is 10.6 Å². The zero-order chi connectivity index (χ0) is 23.0. The molecule has 2 saturated carbocycles.